The molecule has 0 aliphatic carbocycles. The highest BCUT2D eigenvalue weighted by atomic mass is 32.1. The van der Waals surface area contributed by atoms with Gasteiger partial charge in [0.2, 0.25) is 11.5 Å². The summed E-state index contributed by atoms with van der Waals surface area (Å²) in [6.45, 7) is 8.50. The van der Waals surface area contributed by atoms with Crippen molar-refractivity contribution in [3.05, 3.63) is 34.3 Å². The normalized spacial score (nSPS) is 14.9. The number of oxime groups is 1. The van der Waals surface area contributed by atoms with E-state index in [1.165, 1.54) is 11.4 Å². The number of carbonyl (C=O) groups excluding carboxylic acids is 1. The topological polar surface area (TPSA) is 143 Å². The average molecular weight is 449 g/mol. The summed E-state index contributed by atoms with van der Waals surface area (Å²) < 4.78 is 16.9. The number of hydrogen-bond acceptors (Lipinski definition) is 10. The molecule has 3 rings (SSSR count). The number of rotatable bonds is 6. The van der Waals surface area contributed by atoms with Crippen LogP contribution in [-0.4, -0.2) is 39.1 Å². The molecule has 3 N–H and O–H groups in total. The smallest absolute Gasteiger partial charge is 0.360 e. The minimum Gasteiger partial charge on any atom is -0.476 e. The Bertz CT molecular complexity index is 1050. The molecule has 0 amide bonds. The molecule has 0 bridgehead atoms. The van der Waals surface area contributed by atoms with E-state index in [9.17, 15) is 14.7 Å². The number of benzene rings is 1. The molecular formula is C20H23N3O7S. The number of aliphatic carboxylic acids is 1. The maximum atomic E-state index is 12.7. The molecule has 0 saturated carbocycles. The van der Waals surface area contributed by atoms with Crippen LogP contribution in [0.5, 0.6) is 11.5 Å². The van der Waals surface area contributed by atoms with Crippen LogP contribution in [0.2, 0.25) is 0 Å². The van der Waals surface area contributed by atoms with Crippen molar-refractivity contribution < 1.29 is 33.7 Å². The van der Waals surface area contributed by atoms with Gasteiger partial charge in [0, 0.05) is 24.8 Å². The third-order valence-corrected chi connectivity index (χ3v) is 4.52. The lowest BCUT2D eigenvalue weighted by Gasteiger charge is -2.20. The zero-order chi connectivity index (χ0) is 23.0. The number of carboxylic acids is 1. The molecule has 31 heavy (non-hydrogen) atoms. The number of hydrogen-bond donors (Lipinski definition) is 2. The largest absolute Gasteiger partial charge is 0.476 e. The first kappa shape index (κ1) is 22.3. The molecular weight excluding hydrogens is 426 g/mol. The zero-order valence-electron chi connectivity index (χ0n) is 17.7. The van der Waals surface area contributed by atoms with Crippen molar-refractivity contribution in [2.45, 2.75) is 52.6 Å². The van der Waals surface area contributed by atoms with E-state index in [4.69, 9.17) is 24.8 Å². The van der Waals surface area contributed by atoms with Gasteiger partial charge in [-0.15, -0.1) is 11.3 Å². The summed E-state index contributed by atoms with van der Waals surface area (Å²) in [6, 6.07) is 3.10. The first-order valence-corrected chi connectivity index (χ1v) is 10.2. The van der Waals surface area contributed by atoms with Gasteiger partial charge in [-0.25, -0.2) is 14.6 Å². The number of nitrogens with zero attached hydrogens (tertiary/aromatic N) is 2. The highest BCUT2D eigenvalue weighted by molar-refractivity contribution is 7.13. The maximum absolute atomic E-state index is 12.7. The Hall–Kier alpha value is -3.34. The van der Waals surface area contributed by atoms with Gasteiger partial charge in [-0.3, -0.25) is 0 Å². The average Bonchev–Trinajstić information content (AvgIpc) is 3.16. The van der Waals surface area contributed by atoms with Crippen molar-refractivity contribution >= 4 is 34.1 Å². The lowest BCUT2D eigenvalue weighted by Crippen LogP contribution is -2.29. The molecule has 10 nitrogen and oxygen atoms in total. The Kier molecular flexibility index (Phi) is 5.81. The SMILES string of the molecule is CC(C)(C)OC(=O)c1cc2c(cc1CON=C(C(=O)O)c1csc(N)n1)OC(C)(C)O2. The molecule has 1 aliphatic heterocycles. The van der Waals surface area contributed by atoms with E-state index in [0.29, 0.717) is 17.1 Å². The Morgan fingerprint density at radius 2 is 1.90 bits per heavy atom. The maximum Gasteiger partial charge on any atom is 0.360 e. The molecule has 1 aliphatic rings. The van der Waals surface area contributed by atoms with Gasteiger partial charge in [-0.2, -0.15) is 0 Å². The summed E-state index contributed by atoms with van der Waals surface area (Å²) in [5, 5.41) is 14.7. The van der Waals surface area contributed by atoms with Gasteiger partial charge in [0.1, 0.15) is 17.9 Å². The zero-order valence-corrected chi connectivity index (χ0v) is 18.5. The van der Waals surface area contributed by atoms with Gasteiger partial charge in [0.15, 0.2) is 16.6 Å². The Morgan fingerprint density at radius 3 is 2.45 bits per heavy atom. The summed E-state index contributed by atoms with van der Waals surface area (Å²) in [5.41, 5.74) is 5.09. The van der Waals surface area contributed by atoms with Gasteiger partial charge < -0.3 is 29.9 Å². The number of esters is 1. The van der Waals surface area contributed by atoms with Gasteiger partial charge in [-0.05, 0) is 32.9 Å². The van der Waals surface area contributed by atoms with Crippen LogP contribution in [0.1, 0.15) is 56.2 Å². The van der Waals surface area contributed by atoms with Crippen LogP contribution < -0.4 is 15.2 Å². The Labute approximate surface area is 182 Å². The number of carboxylic acid groups (broad SMARTS) is 1. The third-order valence-electron chi connectivity index (χ3n) is 3.84. The highest BCUT2D eigenvalue weighted by Crippen LogP contribution is 2.41. The fourth-order valence-corrected chi connectivity index (χ4v) is 3.26. The van der Waals surface area contributed by atoms with Crippen LogP contribution in [-0.2, 0) is 21.0 Å². The fourth-order valence-electron chi connectivity index (χ4n) is 2.71. The molecule has 0 spiro atoms. The predicted molar refractivity (Wildman–Crippen MR) is 112 cm³/mol. The van der Waals surface area contributed by atoms with Crippen molar-refractivity contribution in [1.82, 2.24) is 4.98 Å². The lowest BCUT2D eigenvalue weighted by atomic mass is 10.1. The van der Waals surface area contributed by atoms with Crippen LogP contribution in [0, 0.1) is 0 Å². The number of carbonyl (C=O) groups is 2. The monoisotopic (exact) mass is 449 g/mol. The number of fused-ring (bicyclic) bond motifs is 1. The van der Waals surface area contributed by atoms with E-state index >= 15 is 0 Å². The number of anilines is 1. The summed E-state index contributed by atoms with van der Waals surface area (Å²) in [6.07, 6.45) is 0. The van der Waals surface area contributed by atoms with E-state index in [2.05, 4.69) is 10.1 Å². The molecule has 11 heteroatoms. The molecule has 1 aromatic heterocycles. The van der Waals surface area contributed by atoms with E-state index < -0.39 is 29.0 Å². The third kappa shape index (κ3) is 5.43. The first-order valence-electron chi connectivity index (χ1n) is 9.27. The quantitative estimate of drug-likeness (QED) is 0.386. The molecule has 2 heterocycles. The van der Waals surface area contributed by atoms with Crippen LogP contribution in [0.3, 0.4) is 0 Å². The summed E-state index contributed by atoms with van der Waals surface area (Å²) in [7, 11) is 0. The highest BCUT2D eigenvalue weighted by Gasteiger charge is 2.34. The van der Waals surface area contributed by atoms with Gasteiger partial charge >= 0.3 is 11.9 Å². The van der Waals surface area contributed by atoms with Crippen LogP contribution in [0.25, 0.3) is 0 Å². The first-order chi connectivity index (χ1) is 14.3. The number of nitrogens with two attached hydrogens (primary N) is 1. The van der Waals surface area contributed by atoms with Gasteiger partial charge in [0.25, 0.3) is 0 Å². The second kappa shape index (κ2) is 8.06. The molecule has 0 radical (unpaired) electrons. The van der Waals surface area contributed by atoms with Crippen LogP contribution in [0.4, 0.5) is 5.13 Å². The summed E-state index contributed by atoms with van der Waals surface area (Å²) in [4.78, 5) is 33.4. The number of thiazole rings is 1. The summed E-state index contributed by atoms with van der Waals surface area (Å²) in [5.74, 6) is -2.00. The number of nitrogen functional groups attached to an aromatic ring is 1. The lowest BCUT2D eigenvalue weighted by molar-refractivity contribution is -0.129. The van der Waals surface area contributed by atoms with Crippen molar-refractivity contribution in [3.63, 3.8) is 0 Å². The molecule has 0 atom stereocenters. The Balaban J connectivity index is 1.90. The summed E-state index contributed by atoms with van der Waals surface area (Å²) >= 11 is 1.08. The van der Waals surface area contributed by atoms with Gasteiger partial charge in [-0.1, -0.05) is 5.16 Å². The second-order valence-electron chi connectivity index (χ2n) is 8.15. The van der Waals surface area contributed by atoms with Gasteiger partial charge in [0.05, 0.1) is 5.56 Å². The fraction of sp³-hybridized carbons (Fsp3) is 0.400. The Morgan fingerprint density at radius 1 is 1.26 bits per heavy atom. The van der Waals surface area contributed by atoms with E-state index in [1.807, 2.05) is 0 Å². The molecule has 1 aromatic carbocycles. The van der Waals surface area contributed by atoms with Crippen molar-refractivity contribution in [2.75, 3.05) is 5.73 Å². The van der Waals surface area contributed by atoms with Crippen molar-refractivity contribution in [2.24, 2.45) is 5.16 Å². The second-order valence-corrected chi connectivity index (χ2v) is 9.04. The van der Waals surface area contributed by atoms with Crippen LogP contribution in [0.15, 0.2) is 22.7 Å². The standard InChI is InChI=1S/C20H23N3O7S/c1-19(2,3)30-17(26)11-7-14-13(28-20(4,5)29-14)6-10(11)8-27-23-15(16(24)25)12-9-31-18(21)22-12/h6-7,9H,8H2,1-5H3,(H2,21,22)(H,24,25). The van der Waals surface area contributed by atoms with E-state index in [-0.39, 0.29) is 23.0 Å². The number of aromatic nitrogens is 1. The molecule has 0 unspecified atom stereocenters. The van der Waals surface area contributed by atoms with Crippen LogP contribution >= 0.6 is 11.3 Å². The van der Waals surface area contributed by atoms with Crippen molar-refractivity contribution in [1.29, 1.82) is 0 Å². The molecule has 0 fully saturated rings. The molecule has 0 saturated heterocycles. The van der Waals surface area contributed by atoms with E-state index in [0.717, 1.165) is 11.3 Å². The predicted octanol–water partition coefficient (Wildman–Crippen LogP) is 3.19. The van der Waals surface area contributed by atoms with E-state index in [1.54, 1.807) is 40.7 Å². The molecule has 2 aromatic rings. The molecule has 166 valence electrons. The minimum absolute atomic E-state index is 0.0785. The van der Waals surface area contributed by atoms with Crippen molar-refractivity contribution in [3.8, 4) is 11.5 Å². The number of ether oxygens (including phenoxy) is 3. The minimum atomic E-state index is -1.33.